The Morgan fingerprint density at radius 1 is 0.410 bits per heavy atom. The van der Waals surface area contributed by atoms with Gasteiger partial charge in [0.25, 0.3) is 0 Å². The van der Waals surface area contributed by atoms with Gasteiger partial charge in [-0.15, -0.1) is 0 Å². The van der Waals surface area contributed by atoms with Crippen molar-refractivity contribution in [1.82, 2.24) is 4.57 Å². The van der Waals surface area contributed by atoms with E-state index in [2.05, 4.69) is 162 Å². The Morgan fingerprint density at radius 2 is 0.846 bits per heavy atom. The highest BCUT2D eigenvalue weighted by Gasteiger charge is 2.15. The molecule has 1 aromatic heterocycles. The topological polar surface area (TPSA) is 4.93 Å². The van der Waals surface area contributed by atoms with E-state index in [9.17, 15) is 0 Å². The van der Waals surface area contributed by atoms with E-state index < -0.39 is 0 Å². The van der Waals surface area contributed by atoms with Crippen LogP contribution in [0.25, 0.3) is 38.6 Å². The van der Waals surface area contributed by atoms with Gasteiger partial charge in [0.05, 0.1) is 11.0 Å². The van der Waals surface area contributed by atoms with Gasteiger partial charge < -0.3 is 4.57 Å². The number of aromatic nitrogens is 1. The standard InChI is InChI=1S/C38H29N/c1-3-11-31(12-4-1)36(32-13-5-2-6-14-32)27-28-19-21-29(22-20-28)30-23-25-33(26-24-30)39-37-17-9-7-15-34(37)35-16-8-10-18-38(35)39/h1-26,36H,27H2. The molecule has 0 fully saturated rings. The van der Waals surface area contributed by atoms with Crippen LogP contribution in [-0.4, -0.2) is 4.57 Å². The van der Waals surface area contributed by atoms with E-state index in [0.717, 1.165) is 6.42 Å². The molecule has 6 aromatic carbocycles. The van der Waals surface area contributed by atoms with Crippen LogP contribution in [0, 0.1) is 0 Å². The molecule has 0 aliphatic heterocycles. The molecule has 0 N–H and O–H groups in total. The van der Waals surface area contributed by atoms with Crippen LogP contribution < -0.4 is 0 Å². The molecule has 0 atom stereocenters. The summed E-state index contributed by atoms with van der Waals surface area (Å²) in [4.78, 5) is 0. The van der Waals surface area contributed by atoms with Crippen LogP contribution in [0.15, 0.2) is 158 Å². The largest absolute Gasteiger partial charge is 0.309 e. The Labute approximate surface area is 229 Å². The number of rotatable bonds is 6. The average molecular weight is 500 g/mol. The number of benzene rings is 6. The number of nitrogens with zero attached hydrogens (tertiary/aromatic N) is 1. The van der Waals surface area contributed by atoms with Crippen LogP contribution in [0.3, 0.4) is 0 Å². The maximum absolute atomic E-state index is 2.37. The molecule has 186 valence electrons. The Kier molecular flexibility index (Phi) is 6.03. The lowest BCUT2D eigenvalue weighted by molar-refractivity contribution is 0.805. The van der Waals surface area contributed by atoms with E-state index in [1.165, 1.54) is 55.3 Å². The van der Waals surface area contributed by atoms with E-state index in [0.29, 0.717) is 5.92 Å². The quantitative estimate of drug-likeness (QED) is 0.215. The van der Waals surface area contributed by atoms with Crippen LogP contribution in [0.2, 0.25) is 0 Å². The van der Waals surface area contributed by atoms with Crippen molar-refractivity contribution in [2.24, 2.45) is 0 Å². The summed E-state index contributed by atoms with van der Waals surface area (Å²) < 4.78 is 2.37. The second kappa shape index (κ2) is 10.1. The first kappa shape index (κ1) is 23.3. The minimum absolute atomic E-state index is 0.337. The van der Waals surface area contributed by atoms with Gasteiger partial charge >= 0.3 is 0 Å². The van der Waals surface area contributed by atoms with Gasteiger partial charge in [-0.2, -0.15) is 0 Å². The third-order valence-electron chi connectivity index (χ3n) is 7.84. The van der Waals surface area contributed by atoms with Crippen molar-refractivity contribution in [2.75, 3.05) is 0 Å². The maximum atomic E-state index is 2.37. The number of fused-ring (bicyclic) bond motifs is 3. The fraction of sp³-hybridized carbons (Fsp3) is 0.0526. The molecule has 1 nitrogen and oxygen atoms in total. The summed E-state index contributed by atoms with van der Waals surface area (Å²) in [5, 5.41) is 2.58. The Bertz CT molecular complexity index is 1750. The molecule has 7 rings (SSSR count). The van der Waals surface area contributed by atoms with Crippen LogP contribution in [0.5, 0.6) is 0 Å². The van der Waals surface area contributed by atoms with Crippen molar-refractivity contribution < 1.29 is 0 Å². The van der Waals surface area contributed by atoms with Crippen LogP contribution >= 0.6 is 0 Å². The highest BCUT2D eigenvalue weighted by Crippen LogP contribution is 2.33. The maximum Gasteiger partial charge on any atom is 0.0541 e. The van der Waals surface area contributed by atoms with Gasteiger partial charge in [-0.05, 0) is 58.5 Å². The summed E-state index contributed by atoms with van der Waals surface area (Å²) in [6, 6.07) is 57.1. The van der Waals surface area contributed by atoms with E-state index >= 15 is 0 Å². The fourth-order valence-corrected chi connectivity index (χ4v) is 5.87. The first-order chi connectivity index (χ1) is 19.3. The van der Waals surface area contributed by atoms with Crippen LogP contribution in [-0.2, 0) is 6.42 Å². The summed E-state index contributed by atoms with van der Waals surface area (Å²) >= 11 is 0. The summed E-state index contributed by atoms with van der Waals surface area (Å²) in [5.74, 6) is 0.337. The molecule has 0 aliphatic rings. The molecule has 0 bridgehead atoms. The minimum Gasteiger partial charge on any atom is -0.309 e. The first-order valence-electron chi connectivity index (χ1n) is 13.6. The monoisotopic (exact) mass is 499 g/mol. The average Bonchev–Trinajstić information content (AvgIpc) is 3.36. The highest BCUT2D eigenvalue weighted by atomic mass is 15.0. The zero-order valence-electron chi connectivity index (χ0n) is 21.7. The molecule has 0 unspecified atom stereocenters. The minimum atomic E-state index is 0.337. The van der Waals surface area contributed by atoms with Crippen molar-refractivity contribution in [3.8, 4) is 16.8 Å². The van der Waals surface area contributed by atoms with Gasteiger partial charge in [0, 0.05) is 22.4 Å². The SMILES string of the molecule is c1ccc(C(Cc2ccc(-c3ccc(-n4c5ccccc5c5ccccc54)cc3)cc2)c2ccccc2)cc1. The number of hydrogen-bond donors (Lipinski definition) is 0. The van der Waals surface area contributed by atoms with Crippen molar-refractivity contribution in [3.63, 3.8) is 0 Å². The van der Waals surface area contributed by atoms with Gasteiger partial charge in [-0.25, -0.2) is 0 Å². The van der Waals surface area contributed by atoms with E-state index in [1.807, 2.05) is 0 Å². The molecule has 0 saturated heterocycles. The Morgan fingerprint density at radius 3 is 1.36 bits per heavy atom. The predicted octanol–water partition coefficient (Wildman–Crippen LogP) is 9.83. The molecule has 0 saturated carbocycles. The Hall–Kier alpha value is -4.88. The molecular weight excluding hydrogens is 470 g/mol. The first-order valence-corrected chi connectivity index (χ1v) is 13.6. The van der Waals surface area contributed by atoms with Crippen LogP contribution in [0.4, 0.5) is 0 Å². The lowest BCUT2D eigenvalue weighted by Gasteiger charge is -2.18. The molecule has 1 heterocycles. The molecule has 7 aromatic rings. The molecular formula is C38H29N. The zero-order valence-corrected chi connectivity index (χ0v) is 21.7. The molecule has 39 heavy (non-hydrogen) atoms. The molecule has 0 radical (unpaired) electrons. The van der Waals surface area contributed by atoms with E-state index in [4.69, 9.17) is 0 Å². The second-order valence-corrected chi connectivity index (χ2v) is 10.2. The molecule has 0 aliphatic carbocycles. The summed E-state index contributed by atoms with van der Waals surface area (Å²) in [6.07, 6.45) is 0.973. The lowest BCUT2D eigenvalue weighted by Crippen LogP contribution is -2.05. The van der Waals surface area contributed by atoms with Crippen molar-refractivity contribution in [1.29, 1.82) is 0 Å². The van der Waals surface area contributed by atoms with Gasteiger partial charge in [0.15, 0.2) is 0 Å². The highest BCUT2D eigenvalue weighted by molar-refractivity contribution is 6.09. The summed E-state index contributed by atoms with van der Waals surface area (Å²) in [6.45, 7) is 0. The van der Waals surface area contributed by atoms with Crippen molar-refractivity contribution in [2.45, 2.75) is 12.3 Å². The Balaban J connectivity index is 1.18. The van der Waals surface area contributed by atoms with Gasteiger partial charge in [-0.1, -0.05) is 133 Å². The molecule has 1 heteroatoms. The van der Waals surface area contributed by atoms with Gasteiger partial charge in [0.1, 0.15) is 0 Å². The summed E-state index contributed by atoms with van der Waals surface area (Å²) in [7, 11) is 0. The second-order valence-electron chi connectivity index (χ2n) is 10.2. The van der Waals surface area contributed by atoms with Crippen molar-refractivity contribution in [3.05, 3.63) is 174 Å². The number of para-hydroxylation sites is 2. The van der Waals surface area contributed by atoms with Gasteiger partial charge in [0.2, 0.25) is 0 Å². The number of hydrogen-bond acceptors (Lipinski definition) is 0. The predicted molar refractivity (Wildman–Crippen MR) is 165 cm³/mol. The smallest absolute Gasteiger partial charge is 0.0541 e. The lowest BCUT2D eigenvalue weighted by atomic mass is 9.86. The van der Waals surface area contributed by atoms with Gasteiger partial charge in [-0.3, -0.25) is 0 Å². The third kappa shape index (κ3) is 4.43. The van der Waals surface area contributed by atoms with Crippen molar-refractivity contribution >= 4 is 21.8 Å². The fourth-order valence-electron chi connectivity index (χ4n) is 5.87. The zero-order chi connectivity index (χ0) is 26.0. The van der Waals surface area contributed by atoms with E-state index in [-0.39, 0.29) is 0 Å². The van der Waals surface area contributed by atoms with Crippen LogP contribution in [0.1, 0.15) is 22.6 Å². The normalized spacial score (nSPS) is 11.4. The molecule has 0 spiro atoms. The van der Waals surface area contributed by atoms with E-state index in [1.54, 1.807) is 0 Å². The molecule has 0 amide bonds. The third-order valence-corrected chi connectivity index (χ3v) is 7.84. The summed E-state index contributed by atoms with van der Waals surface area (Å²) in [5.41, 5.74) is 10.2.